The van der Waals surface area contributed by atoms with E-state index in [0.29, 0.717) is 5.56 Å². The van der Waals surface area contributed by atoms with Crippen LogP contribution < -0.4 is 0 Å². The number of nitrogens with one attached hydrogen (secondary N) is 1. The number of carboxylic acid groups (broad SMARTS) is 1. The van der Waals surface area contributed by atoms with E-state index in [1.165, 1.54) is 26.3 Å². The number of carbonyl (C=O) groups is 3. The Morgan fingerprint density at radius 2 is 1.89 bits per heavy atom. The van der Waals surface area contributed by atoms with E-state index >= 15 is 0 Å². The lowest BCUT2D eigenvalue weighted by Crippen LogP contribution is -2.75. The number of H-pyrrole nitrogens is 1. The van der Waals surface area contributed by atoms with Gasteiger partial charge in [-0.25, -0.2) is 13.4 Å². The molecule has 3 heterocycles. The van der Waals surface area contributed by atoms with Gasteiger partial charge in [0.05, 0.1) is 30.6 Å². The van der Waals surface area contributed by atoms with E-state index in [-0.39, 0.29) is 38.2 Å². The molecule has 200 valence electrons. The Kier molecular flexibility index (Phi) is 6.90. The van der Waals surface area contributed by atoms with Crippen molar-refractivity contribution in [2.45, 2.75) is 37.3 Å². The van der Waals surface area contributed by atoms with Crippen molar-refractivity contribution >= 4 is 38.7 Å². The van der Waals surface area contributed by atoms with E-state index in [1.807, 2.05) is 18.2 Å². The molecule has 0 radical (unpaired) electrons. The summed E-state index contributed by atoms with van der Waals surface area (Å²) in [5.74, 6) is -2.25. The van der Waals surface area contributed by atoms with Crippen LogP contribution in [0.4, 0.5) is 0 Å². The van der Waals surface area contributed by atoms with Gasteiger partial charge in [-0.05, 0) is 17.5 Å². The molecule has 0 saturated carbocycles. The molecule has 38 heavy (non-hydrogen) atoms. The number of para-hydroxylation sites is 1. The van der Waals surface area contributed by atoms with Crippen molar-refractivity contribution in [2.24, 2.45) is 0 Å². The molecule has 0 spiro atoms. The Balaban J connectivity index is 1.53. The molecule has 3 aromatic rings. The smallest absolute Gasteiger partial charge is 0.303 e. The van der Waals surface area contributed by atoms with Gasteiger partial charge in [0.15, 0.2) is 0 Å². The van der Waals surface area contributed by atoms with Gasteiger partial charge in [-0.1, -0.05) is 48.5 Å². The minimum atomic E-state index is -3.98. The fourth-order valence-corrected chi connectivity index (χ4v) is 7.05. The first kappa shape index (κ1) is 25.8. The Labute approximate surface area is 219 Å². The van der Waals surface area contributed by atoms with Gasteiger partial charge < -0.3 is 14.9 Å². The zero-order valence-corrected chi connectivity index (χ0v) is 21.5. The topological polar surface area (TPSA) is 147 Å². The second-order valence-electron chi connectivity index (χ2n) is 9.53. The van der Waals surface area contributed by atoms with Gasteiger partial charge in [0.25, 0.3) is 0 Å². The Bertz CT molecular complexity index is 1480. The largest absolute Gasteiger partial charge is 0.481 e. The average Bonchev–Trinajstić information content (AvgIpc) is 3.34. The number of aromatic nitrogens is 2. The van der Waals surface area contributed by atoms with E-state index in [2.05, 4.69) is 10.2 Å². The van der Waals surface area contributed by atoms with Crippen LogP contribution in [0.3, 0.4) is 0 Å². The summed E-state index contributed by atoms with van der Waals surface area (Å²) in [6.45, 7) is -0.192. The fourth-order valence-electron chi connectivity index (χ4n) is 5.29. The number of hydrogen-bond acceptors (Lipinski definition) is 7. The van der Waals surface area contributed by atoms with Crippen molar-refractivity contribution in [2.75, 3.05) is 20.1 Å². The van der Waals surface area contributed by atoms with Crippen LogP contribution in [0.5, 0.6) is 0 Å². The summed E-state index contributed by atoms with van der Waals surface area (Å²) in [6, 6.07) is 13.2. The van der Waals surface area contributed by atoms with Gasteiger partial charge in [0.2, 0.25) is 21.8 Å². The van der Waals surface area contributed by atoms with Crippen LogP contribution in [0.2, 0.25) is 0 Å². The molecule has 2 aliphatic heterocycles. The Morgan fingerprint density at radius 3 is 2.63 bits per heavy atom. The number of hydrogen-bond donors (Lipinski definition) is 2. The number of aliphatic carboxylic acids is 1. The van der Waals surface area contributed by atoms with Gasteiger partial charge in [0, 0.05) is 25.4 Å². The molecule has 2 amide bonds. The molecule has 2 N–H and O–H groups in total. The first-order valence-electron chi connectivity index (χ1n) is 12.2. The standard InChI is InChI=1S/C25H28N6O6S/c1-28-15-22(32)30-20(10-11-23(33)34)25(35)29(13-19-9-5-8-18-12-26-27-24(18)19)14-21(30)31(28)38(36,37)16-17-6-3-2-4-7-17/h2-9,12,20-21H,10-11,13-16H2,1H3,(H,26,27)(H,33,34)/t20-,21-/m0/s1. The van der Waals surface area contributed by atoms with Gasteiger partial charge in [0.1, 0.15) is 12.2 Å². The van der Waals surface area contributed by atoms with Crippen LogP contribution in [0, 0.1) is 0 Å². The SMILES string of the molecule is CN1CC(=O)N2[C@@H](CCC(=O)O)C(=O)N(Cc3cccc4cn[nH]c34)C[C@@H]2N1S(=O)(=O)Cc1ccccc1. The molecule has 0 aliphatic carbocycles. The first-order chi connectivity index (χ1) is 18.2. The fraction of sp³-hybridized carbons (Fsp3) is 0.360. The highest BCUT2D eigenvalue weighted by molar-refractivity contribution is 7.88. The minimum absolute atomic E-state index is 0.0724. The van der Waals surface area contributed by atoms with Crippen LogP contribution in [0.1, 0.15) is 24.0 Å². The number of fused-ring (bicyclic) bond motifs is 2. The maximum atomic E-state index is 13.7. The van der Waals surface area contributed by atoms with Crippen molar-refractivity contribution in [1.29, 1.82) is 0 Å². The lowest BCUT2D eigenvalue weighted by molar-refractivity contribution is -0.182. The van der Waals surface area contributed by atoms with Crippen molar-refractivity contribution in [3.8, 4) is 0 Å². The molecule has 2 aliphatic rings. The normalized spacial score (nSPS) is 21.2. The van der Waals surface area contributed by atoms with E-state index in [1.54, 1.807) is 36.5 Å². The predicted molar refractivity (Wildman–Crippen MR) is 136 cm³/mol. The summed E-state index contributed by atoms with van der Waals surface area (Å²) in [5.41, 5.74) is 2.10. The highest BCUT2D eigenvalue weighted by Crippen LogP contribution is 2.32. The van der Waals surface area contributed by atoms with Crippen molar-refractivity contribution in [3.63, 3.8) is 0 Å². The third-order valence-electron chi connectivity index (χ3n) is 6.91. The summed E-state index contributed by atoms with van der Waals surface area (Å²) in [4.78, 5) is 41.1. The monoisotopic (exact) mass is 540 g/mol. The number of hydrazine groups is 1. The van der Waals surface area contributed by atoms with Gasteiger partial charge in [-0.3, -0.25) is 19.5 Å². The van der Waals surface area contributed by atoms with E-state index in [0.717, 1.165) is 16.5 Å². The Morgan fingerprint density at radius 1 is 1.13 bits per heavy atom. The van der Waals surface area contributed by atoms with E-state index in [9.17, 15) is 27.9 Å². The first-order valence-corrected chi connectivity index (χ1v) is 13.8. The molecule has 2 saturated heterocycles. The third kappa shape index (κ3) is 4.87. The van der Waals surface area contributed by atoms with Crippen molar-refractivity contribution in [1.82, 2.24) is 29.4 Å². The van der Waals surface area contributed by atoms with Gasteiger partial charge >= 0.3 is 5.97 Å². The summed E-state index contributed by atoms with van der Waals surface area (Å²) in [6.07, 6.45) is 0.175. The quantitative estimate of drug-likeness (QED) is 0.430. The van der Waals surface area contributed by atoms with Crippen LogP contribution >= 0.6 is 0 Å². The zero-order valence-electron chi connectivity index (χ0n) is 20.7. The second kappa shape index (κ2) is 10.2. The molecular weight excluding hydrogens is 512 g/mol. The number of carbonyl (C=O) groups excluding carboxylic acids is 2. The number of carboxylic acids is 1. The van der Waals surface area contributed by atoms with Crippen LogP contribution in [0.15, 0.2) is 54.7 Å². The molecule has 0 unspecified atom stereocenters. The number of likely N-dealkylation sites (N-methyl/N-ethyl adjacent to an activating group) is 1. The number of amides is 2. The zero-order chi connectivity index (χ0) is 27.0. The second-order valence-corrected chi connectivity index (χ2v) is 11.4. The average molecular weight is 541 g/mol. The highest BCUT2D eigenvalue weighted by atomic mass is 32.2. The molecule has 12 nitrogen and oxygen atoms in total. The summed E-state index contributed by atoms with van der Waals surface area (Å²) >= 11 is 0. The molecule has 0 bridgehead atoms. The van der Waals surface area contributed by atoms with Crippen molar-refractivity contribution in [3.05, 3.63) is 65.9 Å². The highest BCUT2D eigenvalue weighted by Gasteiger charge is 2.52. The van der Waals surface area contributed by atoms with Crippen LogP contribution in [0.25, 0.3) is 10.9 Å². The number of piperazine rings is 1. The molecule has 5 rings (SSSR count). The molecular formula is C25H28N6O6S. The van der Waals surface area contributed by atoms with E-state index < -0.39 is 40.0 Å². The molecule has 1 aromatic heterocycles. The van der Waals surface area contributed by atoms with Gasteiger partial charge in [-0.2, -0.15) is 5.10 Å². The number of benzene rings is 2. The van der Waals surface area contributed by atoms with Crippen LogP contribution in [-0.2, 0) is 36.7 Å². The maximum Gasteiger partial charge on any atom is 0.303 e. The van der Waals surface area contributed by atoms with Crippen molar-refractivity contribution < 1.29 is 27.9 Å². The summed E-state index contributed by atoms with van der Waals surface area (Å²) in [7, 11) is -2.45. The molecule has 13 heteroatoms. The number of aromatic amines is 1. The summed E-state index contributed by atoms with van der Waals surface area (Å²) in [5, 5.41) is 18.5. The number of nitrogens with zero attached hydrogens (tertiary/aromatic N) is 5. The number of rotatable bonds is 8. The number of sulfonamides is 1. The molecule has 2 atom stereocenters. The van der Waals surface area contributed by atoms with Gasteiger partial charge in [-0.15, -0.1) is 4.41 Å². The van der Waals surface area contributed by atoms with E-state index in [4.69, 9.17) is 0 Å². The lowest BCUT2D eigenvalue weighted by Gasteiger charge is -2.54. The predicted octanol–water partition coefficient (Wildman–Crippen LogP) is 0.986. The molecule has 2 fully saturated rings. The molecule has 2 aromatic carbocycles. The van der Waals surface area contributed by atoms with Crippen LogP contribution in [-0.4, -0.2) is 93.1 Å². The minimum Gasteiger partial charge on any atom is -0.481 e. The third-order valence-corrected chi connectivity index (χ3v) is 8.70. The summed E-state index contributed by atoms with van der Waals surface area (Å²) < 4.78 is 28.6. The maximum absolute atomic E-state index is 13.7. The lowest BCUT2D eigenvalue weighted by atomic mass is 10.0. The Hall–Kier alpha value is -3.81.